The minimum atomic E-state index is -1.79. The maximum Gasteiger partial charge on any atom is 0.343 e. The van der Waals surface area contributed by atoms with Gasteiger partial charge in [0.1, 0.15) is 16.5 Å². The van der Waals surface area contributed by atoms with Gasteiger partial charge in [-0.2, -0.15) is 8.78 Å². The molecule has 0 unspecified atom stereocenters. The van der Waals surface area contributed by atoms with E-state index in [9.17, 15) is 28.5 Å². The highest BCUT2D eigenvalue weighted by molar-refractivity contribution is 6.00. The smallest absolute Gasteiger partial charge is 0.343 e. The van der Waals surface area contributed by atoms with Crippen molar-refractivity contribution in [3.05, 3.63) is 43.2 Å². The van der Waals surface area contributed by atoms with E-state index in [0.29, 0.717) is 19.3 Å². The number of carbonyl (C=O) groups excluding carboxylic acids is 1. The van der Waals surface area contributed by atoms with Crippen molar-refractivity contribution < 1.29 is 28.0 Å². The molecule has 0 radical (unpaired) electrons. The third-order valence-electron chi connectivity index (χ3n) is 5.90. The number of nitro benzene ring substituents is 1. The molecule has 1 aliphatic heterocycles. The van der Waals surface area contributed by atoms with Crippen LogP contribution in [0.5, 0.6) is 5.75 Å². The van der Waals surface area contributed by atoms with E-state index in [4.69, 9.17) is 9.47 Å². The normalized spacial score (nSPS) is 16.8. The summed E-state index contributed by atoms with van der Waals surface area (Å²) in [7, 11) is 0. The number of fused-ring (bicyclic) bond motifs is 1. The van der Waals surface area contributed by atoms with Crippen molar-refractivity contribution in [2.24, 2.45) is 0 Å². The van der Waals surface area contributed by atoms with Crippen molar-refractivity contribution in [2.75, 3.05) is 13.2 Å². The molecule has 0 N–H and O–H groups in total. The Morgan fingerprint density at radius 1 is 1.31 bits per heavy atom. The molecule has 1 fully saturated rings. The number of ether oxygens (including phenoxy) is 2. The van der Waals surface area contributed by atoms with Crippen molar-refractivity contribution in [3.8, 4) is 5.75 Å². The molecule has 10 heteroatoms. The summed E-state index contributed by atoms with van der Waals surface area (Å²) in [5.41, 5.74) is -3.35. The average molecular weight is 408 g/mol. The van der Waals surface area contributed by atoms with Gasteiger partial charge in [-0.15, -0.1) is 0 Å². The lowest BCUT2D eigenvalue weighted by Crippen LogP contribution is -2.43. The maximum atomic E-state index is 14.8. The molecule has 1 aromatic carbocycles. The fraction of sp³-hybridized carbons (Fsp3) is 0.474. The Kier molecular flexibility index (Phi) is 4.32. The van der Waals surface area contributed by atoms with Gasteiger partial charge in [0, 0.05) is 17.7 Å². The number of hydrogen-bond donors (Lipinski definition) is 0. The molecular weight excluding hydrogens is 390 g/mol. The van der Waals surface area contributed by atoms with Crippen LogP contribution in [0.15, 0.2) is 4.79 Å². The van der Waals surface area contributed by atoms with E-state index in [-0.39, 0.29) is 24.4 Å². The summed E-state index contributed by atoms with van der Waals surface area (Å²) in [6.45, 7) is 3.09. The van der Waals surface area contributed by atoms with E-state index in [0.717, 1.165) is 6.42 Å². The van der Waals surface area contributed by atoms with E-state index in [1.807, 2.05) is 0 Å². The van der Waals surface area contributed by atoms with Crippen LogP contribution in [0.2, 0.25) is 0 Å². The summed E-state index contributed by atoms with van der Waals surface area (Å²) in [4.78, 5) is 36.1. The molecule has 2 aromatic rings. The molecule has 0 atom stereocenters. The Hall–Kier alpha value is -3.04. The molecule has 0 saturated heterocycles. The van der Waals surface area contributed by atoms with Gasteiger partial charge < -0.3 is 14.0 Å². The average Bonchev–Trinajstić information content (AvgIpc) is 2.81. The van der Waals surface area contributed by atoms with Crippen LogP contribution < -0.4 is 10.2 Å². The molecule has 1 aliphatic carbocycles. The fourth-order valence-electron chi connectivity index (χ4n) is 4.49. The SMILES string of the molecule is CCOC(=O)c1c(C)n2c3c(c(F)c(F)c([N+](=O)[O-])c3c1=O)OCCC21CCC1. The van der Waals surface area contributed by atoms with Gasteiger partial charge in [-0.05, 0) is 33.1 Å². The zero-order valence-corrected chi connectivity index (χ0v) is 15.8. The van der Waals surface area contributed by atoms with Crippen LogP contribution >= 0.6 is 0 Å². The van der Waals surface area contributed by atoms with E-state index < -0.39 is 55.9 Å². The standard InChI is InChI=1S/C19H18F2N2O6/c1-3-28-18(25)10-9(2)22-15-11(16(10)24)14(23(26)27)12(20)13(21)17(15)29-8-7-19(22)5-4-6-19/h3-8H2,1-2H3. The Bertz CT molecular complexity index is 1140. The van der Waals surface area contributed by atoms with Gasteiger partial charge in [0.15, 0.2) is 5.75 Å². The van der Waals surface area contributed by atoms with Gasteiger partial charge in [-0.25, -0.2) is 4.79 Å². The molecule has 8 nitrogen and oxygen atoms in total. The van der Waals surface area contributed by atoms with Gasteiger partial charge in [0.25, 0.3) is 0 Å². The molecule has 0 amide bonds. The lowest BCUT2D eigenvalue weighted by Gasteiger charge is -2.45. The predicted octanol–water partition coefficient (Wildman–Crippen LogP) is 3.33. The number of pyridine rings is 1. The summed E-state index contributed by atoms with van der Waals surface area (Å²) < 4.78 is 41.3. The zero-order chi connectivity index (χ0) is 21.1. The third-order valence-corrected chi connectivity index (χ3v) is 5.90. The molecule has 4 rings (SSSR count). The van der Waals surface area contributed by atoms with Gasteiger partial charge in [0.2, 0.25) is 17.1 Å². The van der Waals surface area contributed by atoms with Crippen molar-refractivity contribution in [2.45, 2.75) is 45.1 Å². The molecule has 1 saturated carbocycles. The number of nitro groups is 1. The first-order valence-corrected chi connectivity index (χ1v) is 9.30. The number of esters is 1. The number of halogens is 2. The summed E-state index contributed by atoms with van der Waals surface area (Å²) in [5, 5.41) is 10.9. The number of aromatic nitrogens is 1. The first-order valence-electron chi connectivity index (χ1n) is 9.30. The Morgan fingerprint density at radius 3 is 2.55 bits per heavy atom. The quantitative estimate of drug-likeness (QED) is 0.439. The minimum Gasteiger partial charge on any atom is -0.488 e. The molecule has 29 heavy (non-hydrogen) atoms. The third kappa shape index (κ3) is 2.47. The number of hydrogen-bond acceptors (Lipinski definition) is 6. The van der Waals surface area contributed by atoms with Crippen LogP contribution in [0.1, 0.15) is 48.7 Å². The highest BCUT2D eigenvalue weighted by Gasteiger charge is 2.46. The predicted molar refractivity (Wildman–Crippen MR) is 97.4 cm³/mol. The van der Waals surface area contributed by atoms with Crippen molar-refractivity contribution >= 4 is 22.6 Å². The van der Waals surface area contributed by atoms with E-state index >= 15 is 0 Å². The fourth-order valence-corrected chi connectivity index (χ4v) is 4.49. The van der Waals surface area contributed by atoms with Crippen molar-refractivity contribution in [1.82, 2.24) is 4.57 Å². The zero-order valence-electron chi connectivity index (χ0n) is 15.8. The first kappa shape index (κ1) is 19.3. The molecule has 0 bridgehead atoms. The van der Waals surface area contributed by atoms with E-state index in [2.05, 4.69) is 0 Å². The van der Waals surface area contributed by atoms with Crippen LogP contribution in [0.25, 0.3) is 10.9 Å². The van der Waals surface area contributed by atoms with Gasteiger partial charge in [0.05, 0.1) is 18.1 Å². The second-order valence-corrected chi connectivity index (χ2v) is 7.31. The van der Waals surface area contributed by atoms with Crippen LogP contribution in [0, 0.1) is 28.7 Å². The van der Waals surface area contributed by atoms with Crippen molar-refractivity contribution in [3.63, 3.8) is 0 Å². The summed E-state index contributed by atoms with van der Waals surface area (Å²) >= 11 is 0. The van der Waals surface area contributed by atoms with Crippen LogP contribution in [-0.4, -0.2) is 28.7 Å². The lowest BCUT2D eigenvalue weighted by atomic mass is 9.73. The molecule has 1 spiro atoms. The topological polar surface area (TPSA) is 101 Å². The number of benzene rings is 1. The Balaban J connectivity index is 2.29. The molecular formula is C19H18F2N2O6. The molecule has 2 aliphatic rings. The minimum absolute atomic E-state index is 0.0187. The Morgan fingerprint density at radius 2 is 2.00 bits per heavy atom. The molecule has 154 valence electrons. The molecule has 2 heterocycles. The first-order chi connectivity index (χ1) is 13.7. The second-order valence-electron chi connectivity index (χ2n) is 7.31. The summed E-state index contributed by atoms with van der Waals surface area (Å²) in [6, 6.07) is 0. The Labute approximate surface area is 163 Å². The largest absolute Gasteiger partial charge is 0.488 e. The van der Waals surface area contributed by atoms with Gasteiger partial charge in [-0.1, -0.05) is 0 Å². The highest BCUT2D eigenvalue weighted by atomic mass is 19.2. The summed E-state index contributed by atoms with van der Waals surface area (Å²) in [6.07, 6.45) is 2.59. The lowest BCUT2D eigenvalue weighted by molar-refractivity contribution is -0.386. The van der Waals surface area contributed by atoms with E-state index in [1.165, 1.54) is 6.92 Å². The second kappa shape index (κ2) is 6.50. The number of nitrogens with zero attached hydrogens (tertiary/aromatic N) is 2. The summed E-state index contributed by atoms with van der Waals surface area (Å²) in [5.74, 6) is -4.80. The van der Waals surface area contributed by atoms with E-state index in [1.54, 1.807) is 11.5 Å². The molecule has 1 aromatic heterocycles. The number of rotatable bonds is 3. The van der Waals surface area contributed by atoms with Crippen molar-refractivity contribution in [1.29, 1.82) is 0 Å². The van der Waals surface area contributed by atoms with Crippen LogP contribution in [0.4, 0.5) is 14.5 Å². The maximum absolute atomic E-state index is 14.8. The monoisotopic (exact) mass is 408 g/mol. The van der Waals surface area contributed by atoms with Crippen LogP contribution in [0.3, 0.4) is 0 Å². The van der Waals surface area contributed by atoms with Crippen LogP contribution in [-0.2, 0) is 10.3 Å². The number of carbonyl (C=O) groups is 1. The van der Waals surface area contributed by atoms with Gasteiger partial charge in [-0.3, -0.25) is 14.9 Å². The van der Waals surface area contributed by atoms with Gasteiger partial charge >= 0.3 is 11.7 Å². The highest BCUT2D eigenvalue weighted by Crippen LogP contribution is 2.49.